The molecule has 0 atom stereocenters. The Labute approximate surface area is 113 Å². The van der Waals surface area contributed by atoms with Crippen molar-refractivity contribution in [2.75, 3.05) is 26.2 Å². The molecule has 0 aromatic carbocycles. The third-order valence-electron chi connectivity index (χ3n) is 3.53. The van der Waals surface area contributed by atoms with Crippen LogP contribution in [0.15, 0.2) is 11.6 Å². The first-order chi connectivity index (χ1) is 9.27. The number of amides is 2. The van der Waals surface area contributed by atoms with E-state index in [2.05, 4.69) is 0 Å². The molecule has 2 amide bonds. The zero-order valence-corrected chi connectivity index (χ0v) is 10.7. The van der Waals surface area contributed by atoms with E-state index in [9.17, 15) is 22.8 Å². The van der Waals surface area contributed by atoms with Crippen LogP contribution >= 0.6 is 0 Å². The molecule has 0 aromatic heterocycles. The average molecular weight is 292 g/mol. The van der Waals surface area contributed by atoms with Crippen molar-refractivity contribution >= 4 is 12.0 Å². The number of carbonyl (C=O) groups is 2. The topological polar surface area (TPSA) is 60.9 Å². The molecule has 2 aliphatic heterocycles. The van der Waals surface area contributed by atoms with Gasteiger partial charge in [0.2, 0.25) is 0 Å². The van der Waals surface area contributed by atoms with Gasteiger partial charge in [0.1, 0.15) is 0 Å². The van der Waals surface area contributed by atoms with Gasteiger partial charge in [0.05, 0.1) is 6.42 Å². The molecular weight excluding hydrogens is 277 g/mol. The largest absolute Gasteiger partial charge is 0.481 e. The van der Waals surface area contributed by atoms with Crippen LogP contribution in [0.1, 0.15) is 12.8 Å². The maximum atomic E-state index is 12.4. The molecule has 0 unspecified atom stereocenters. The first kappa shape index (κ1) is 14.7. The fourth-order valence-corrected chi connectivity index (χ4v) is 2.40. The molecule has 0 spiro atoms. The molecule has 2 rings (SSSR count). The van der Waals surface area contributed by atoms with Crippen molar-refractivity contribution < 1.29 is 27.9 Å². The van der Waals surface area contributed by atoms with E-state index in [1.54, 1.807) is 0 Å². The average Bonchev–Trinajstić information content (AvgIpc) is 2.31. The Hall–Kier alpha value is -1.73. The lowest BCUT2D eigenvalue weighted by atomic mass is 9.97. The molecule has 1 fully saturated rings. The van der Waals surface area contributed by atoms with Gasteiger partial charge in [-0.05, 0) is 6.42 Å². The van der Waals surface area contributed by atoms with Gasteiger partial charge in [-0.2, -0.15) is 13.2 Å². The number of carbonyl (C=O) groups excluding carboxylic acids is 1. The van der Waals surface area contributed by atoms with E-state index in [1.807, 2.05) is 0 Å². The third-order valence-corrected chi connectivity index (χ3v) is 3.53. The summed E-state index contributed by atoms with van der Waals surface area (Å²) in [4.78, 5) is 25.3. The van der Waals surface area contributed by atoms with Crippen molar-refractivity contribution in [3.8, 4) is 0 Å². The lowest BCUT2D eigenvalue weighted by molar-refractivity contribution is -0.139. The minimum absolute atomic E-state index is 0.0158. The van der Waals surface area contributed by atoms with E-state index in [0.717, 1.165) is 6.08 Å². The van der Waals surface area contributed by atoms with Gasteiger partial charge >= 0.3 is 18.2 Å². The molecule has 0 saturated carbocycles. The highest BCUT2D eigenvalue weighted by atomic mass is 19.4. The second kappa shape index (κ2) is 5.34. The smallest absolute Gasteiger partial charge is 0.412 e. The maximum Gasteiger partial charge on any atom is 0.412 e. The van der Waals surface area contributed by atoms with Gasteiger partial charge in [-0.1, -0.05) is 6.08 Å². The Morgan fingerprint density at radius 2 is 1.95 bits per heavy atom. The summed E-state index contributed by atoms with van der Waals surface area (Å²) in [5.41, 5.74) is -0.589. The minimum atomic E-state index is -4.32. The second-order valence-corrected chi connectivity index (χ2v) is 5.07. The van der Waals surface area contributed by atoms with Crippen LogP contribution in [0.3, 0.4) is 0 Å². The van der Waals surface area contributed by atoms with Gasteiger partial charge in [0, 0.05) is 37.7 Å². The van der Waals surface area contributed by atoms with Gasteiger partial charge in [0.15, 0.2) is 0 Å². The number of rotatable bonds is 2. The van der Waals surface area contributed by atoms with E-state index < -0.39 is 17.7 Å². The van der Waals surface area contributed by atoms with Gasteiger partial charge in [-0.3, -0.25) is 4.79 Å². The zero-order chi connectivity index (χ0) is 14.9. The van der Waals surface area contributed by atoms with Gasteiger partial charge < -0.3 is 14.9 Å². The summed E-state index contributed by atoms with van der Waals surface area (Å²) in [6.07, 6.45) is -3.46. The van der Waals surface area contributed by atoms with Crippen LogP contribution in [0.2, 0.25) is 0 Å². The molecule has 20 heavy (non-hydrogen) atoms. The number of nitrogens with zero attached hydrogens (tertiary/aromatic N) is 2. The summed E-state index contributed by atoms with van der Waals surface area (Å²) in [6, 6.07) is -0.316. The van der Waals surface area contributed by atoms with Crippen LogP contribution < -0.4 is 0 Å². The minimum Gasteiger partial charge on any atom is -0.481 e. The van der Waals surface area contributed by atoms with Crippen LogP contribution in [0, 0.1) is 5.92 Å². The molecular formula is C12H15F3N2O3. The predicted molar refractivity (Wildman–Crippen MR) is 63.0 cm³/mol. The first-order valence-corrected chi connectivity index (χ1v) is 6.29. The summed E-state index contributed by atoms with van der Waals surface area (Å²) in [7, 11) is 0. The van der Waals surface area contributed by atoms with Crippen LogP contribution in [-0.2, 0) is 4.79 Å². The van der Waals surface area contributed by atoms with Crippen molar-refractivity contribution in [1.82, 2.24) is 9.80 Å². The van der Waals surface area contributed by atoms with E-state index in [0.29, 0.717) is 13.1 Å². The summed E-state index contributed by atoms with van der Waals surface area (Å²) in [5.74, 6) is -0.958. The molecule has 0 bridgehead atoms. The predicted octanol–water partition coefficient (Wildman–Crippen LogP) is 1.71. The molecule has 5 nitrogen and oxygen atoms in total. The number of hydrogen-bond acceptors (Lipinski definition) is 2. The Morgan fingerprint density at radius 1 is 1.30 bits per heavy atom. The lowest BCUT2D eigenvalue weighted by Gasteiger charge is -2.42. The summed E-state index contributed by atoms with van der Waals surface area (Å²) >= 11 is 0. The zero-order valence-electron chi connectivity index (χ0n) is 10.7. The third kappa shape index (κ3) is 3.23. The number of likely N-dealkylation sites (tertiary alicyclic amines) is 1. The van der Waals surface area contributed by atoms with Crippen LogP contribution in [0.25, 0.3) is 0 Å². The Balaban J connectivity index is 1.82. The van der Waals surface area contributed by atoms with Crippen molar-refractivity contribution in [2.24, 2.45) is 5.92 Å². The van der Waals surface area contributed by atoms with E-state index >= 15 is 0 Å². The monoisotopic (exact) mass is 292 g/mol. The molecule has 1 saturated heterocycles. The molecule has 0 aromatic rings. The molecule has 8 heteroatoms. The number of carboxylic acids is 1. The number of aliphatic carboxylic acids is 1. The van der Waals surface area contributed by atoms with Crippen molar-refractivity contribution in [1.29, 1.82) is 0 Å². The fourth-order valence-electron chi connectivity index (χ4n) is 2.40. The number of urea groups is 1. The van der Waals surface area contributed by atoms with Crippen LogP contribution in [0.5, 0.6) is 0 Å². The maximum absolute atomic E-state index is 12.4. The molecule has 1 N–H and O–H groups in total. The number of alkyl halides is 3. The van der Waals surface area contributed by atoms with Gasteiger partial charge in [0.25, 0.3) is 0 Å². The fraction of sp³-hybridized carbons (Fsp3) is 0.667. The quantitative estimate of drug-likeness (QED) is 0.788. The van der Waals surface area contributed by atoms with E-state index in [1.165, 1.54) is 9.80 Å². The molecule has 112 valence electrons. The van der Waals surface area contributed by atoms with E-state index in [4.69, 9.17) is 5.11 Å². The van der Waals surface area contributed by atoms with E-state index in [-0.39, 0.29) is 37.9 Å². The highest BCUT2D eigenvalue weighted by molar-refractivity contribution is 5.76. The highest BCUT2D eigenvalue weighted by Gasteiger charge is 2.38. The Morgan fingerprint density at radius 3 is 2.40 bits per heavy atom. The molecule has 2 aliphatic rings. The van der Waals surface area contributed by atoms with Crippen molar-refractivity contribution in [3.63, 3.8) is 0 Å². The summed E-state index contributed by atoms with van der Waals surface area (Å²) in [5, 5.41) is 8.60. The van der Waals surface area contributed by atoms with Crippen molar-refractivity contribution in [3.05, 3.63) is 11.6 Å². The van der Waals surface area contributed by atoms with Gasteiger partial charge in [-0.25, -0.2) is 4.79 Å². The Kier molecular flexibility index (Phi) is 3.92. The summed E-state index contributed by atoms with van der Waals surface area (Å²) < 4.78 is 37.3. The molecule has 0 aliphatic carbocycles. The standard InChI is InChI=1S/C12H15F3N2O3/c13-12(14,15)9-1-3-16(4-2-9)11(20)17-6-8(7-17)5-10(18)19/h1,8H,2-7H2,(H,18,19). The number of carboxylic acid groups (broad SMARTS) is 1. The lowest BCUT2D eigenvalue weighted by Crippen LogP contribution is -2.56. The number of hydrogen-bond donors (Lipinski definition) is 1. The normalized spacial score (nSPS) is 20.4. The highest BCUT2D eigenvalue weighted by Crippen LogP contribution is 2.31. The molecule has 2 heterocycles. The van der Waals surface area contributed by atoms with Crippen molar-refractivity contribution in [2.45, 2.75) is 19.0 Å². The summed E-state index contributed by atoms with van der Waals surface area (Å²) in [6.45, 7) is 0.715. The van der Waals surface area contributed by atoms with Crippen LogP contribution in [-0.4, -0.2) is 59.3 Å². The molecule has 0 radical (unpaired) electrons. The number of halogens is 3. The van der Waals surface area contributed by atoms with Gasteiger partial charge in [-0.15, -0.1) is 0 Å². The van der Waals surface area contributed by atoms with Crippen LogP contribution in [0.4, 0.5) is 18.0 Å². The second-order valence-electron chi connectivity index (χ2n) is 5.07. The Bertz CT molecular complexity index is 442. The SMILES string of the molecule is O=C(O)CC1CN(C(=O)N2CC=C(C(F)(F)F)CC2)C1. The first-order valence-electron chi connectivity index (χ1n) is 6.29.